The smallest absolute Gasteiger partial charge is 0.327 e. The highest BCUT2D eigenvalue weighted by Gasteiger charge is 2.35. The number of methoxy groups -OCH3 is 1. The Kier molecular flexibility index (Phi) is 5.08. The topological polar surface area (TPSA) is 70.6 Å². The molecule has 0 aliphatic carbocycles. The summed E-state index contributed by atoms with van der Waals surface area (Å²) in [4.78, 5) is 24.8. The van der Waals surface area contributed by atoms with Gasteiger partial charge in [0.05, 0.1) is 7.11 Å². The molecule has 2 rings (SSSR count). The van der Waals surface area contributed by atoms with Gasteiger partial charge in [0.25, 0.3) is 0 Å². The number of piperazine rings is 1. The fourth-order valence-electron chi connectivity index (χ4n) is 2.48. The molecule has 1 fully saturated rings. The zero-order chi connectivity index (χ0) is 15.3. The van der Waals surface area contributed by atoms with E-state index in [4.69, 9.17) is 4.74 Å². The molecule has 1 aliphatic heterocycles. The molecule has 0 amide bonds. The number of hydrogen-bond acceptors (Lipinski definition) is 7. The van der Waals surface area contributed by atoms with E-state index in [0.29, 0.717) is 6.54 Å². The molecule has 116 valence electrons. The van der Waals surface area contributed by atoms with Crippen molar-refractivity contribution < 1.29 is 9.53 Å². The molecule has 1 aliphatic rings. The van der Waals surface area contributed by atoms with Crippen molar-refractivity contribution in [2.45, 2.75) is 12.5 Å². The van der Waals surface area contributed by atoms with Crippen LogP contribution in [0.5, 0.6) is 0 Å². The average Bonchev–Trinajstić information content (AvgIpc) is 2.55. The third-order valence-electron chi connectivity index (χ3n) is 3.93. The predicted octanol–water partition coefficient (Wildman–Crippen LogP) is -0.250. The third-order valence-corrected chi connectivity index (χ3v) is 3.93. The molecule has 0 saturated carbocycles. The molecule has 1 atom stereocenters. The Labute approximate surface area is 125 Å². The van der Waals surface area contributed by atoms with E-state index in [9.17, 15) is 4.79 Å². The quantitative estimate of drug-likeness (QED) is 0.751. The van der Waals surface area contributed by atoms with Crippen LogP contribution in [0.4, 0.5) is 5.95 Å². The summed E-state index contributed by atoms with van der Waals surface area (Å²) in [5, 5.41) is 3.06. The predicted molar refractivity (Wildman–Crippen MR) is 80.2 cm³/mol. The fraction of sp³-hybridized carbons (Fsp3) is 0.643. The Morgan fingerprint density at radius 2 is 1.95 bits per heavy atom. The molecule has 0 spiro atoms. The maximum Gasteiger partial charge on any atom is 0.327 e. The second-order valence-corrected chi connectivity index (χ2v) is 5.39. The van der Waals surface area contributed by atoms with E-state index in [-0.39, 0.29) is 5.97 Å². The summed E-state index contributed by atoms with van der Waals surface area (Å²) in [6.45, 7) is 5.93. The van der Waals surface area contributed by atoms with Gasteiger partial charge in [-0.1, -0.05) is 0 Å². The van der Waals surface area contributed by atoms with E-state index in [0.717, 1.165) is 32.1 Å². The molecule has 1 saturated heterocycles. The van der Waals surface area contributed by atoms with Gasteiger partial charge in [0.15, 0.2) is 0 Å². The van der Waals surface area contributed by atoms with Gasteiger partial charge >= 0.3 is 5.97 Å². The molecule has 1 aromatic heterocycles. The van der Waals surface area contributed by atoms with Crippen molar-refractivity contribution in [2.75, 3.05) is 51.8 Å². The summed E-state index contributed by atoms with van der Waals surface area (Å²) in [7, 11) is 3.20. The monoisotopic (exact) mass is 293 g/mol. The van der Waals surface area contributed by atoms with Gasteiger partial charge in [-0.2, -0.15) is 0 Å². The number of aromatic nitrogens is 2. The minimum Gasteiger partial charge on any atom is -0.468 e. The molecule has 0 aromatic carbocycles. The number of likely N-dealkylation sites (N-methyl/N-ethyl adjacent to an activating group) is 1. The lowest BCUT2D eigenvalue weighted by atomic mass is 10.0. The van der Waals surface area contributed by atoms with Crippen molar-refractivity contribution in [3.05, 3.63) is 18.5 Å². The minimum atomic E-state index is -0.680. The highest BCUT2D eigenvalue weighted by Crippen LogP contribution is 2.13. The van der Waals surface area contributed by atoms with Crippen LogP contribution in [0.2, 0.25) is 0 Å². The Morgan fingerprint density at radius 1 is 1.33 bits per heavy atom. The lowest BCUT2D eigenvalue weighted by Crippen LogP contribution is -2.59. The third kappa shape index (κ3) is 3.68. The maximum absolute atomic E-state index is 11.9. The number of anilines is 1. The van der Waals surface area contributed by atoms with E-state index < -0.39 is 5.54 Å². The van der Waals surface area contributed by atoms with Gasteiger partial charge in [-0.3, -0.25) is 9.69 Å². The molecule has 1 aromatic rings. The first-order valence-corrected chi connectivity index (χ1v) is 7.11. The summed E-state index contributed by atoms with van der Waals surface area (Å²) in [6.07, 6.45) is 3.51. The largest absolute Gasteiger partial charge is 0.468 e. The van der Waals surface area contributed by atoms with Crippen molar-refractivity contribution >= 4 is 11.9 Å². The molecule has 1 N–H and O–H groups in total. The highest BCUT2D eigenvalue weighted by atomic mass is 16.5. The lowest BCUT2D eigenvalue weighted by Gasteiger charge is -2.38. The van der Waals surface area contributed by atoms with Gasteiger partial charge in [0.2, 0.25) is 5.95 Å². The van der Waals surface area contributed by atoms with Gasteiger partial charge in [-0.15, -0.1) is 0 Å². The standard InChI is InChI=1S/C14H23N5O2/c1-14(15-2,12(20)21-3)11-18-7-9-19(10-8-18)13-16-5-4-6-17-13/h4-6,15H,7-11H2,1-3H3. The minimum absolute atomic E-state index is 0.237. The molecule has 0 bridgehead atoms. The van der Waals surface area contributed by atoms with Crippen LogP contribution < -0.4 is 10.2 Å². The number of nitrogens with one attached hydrogen (secondary N) is 1. The summed E-state index contributed by atoms with van der Waals surface area (Å²) in [5.74, 6) is 0.528. The number of nitrogens with zero attached hydrogens (tertiary/aromatic N) is 4. The number of carbonyl (C=O) groups is 1. The molecular formula is C14H23N5O2. The molecule has 21 heavy (non-hydrogen) atoms. The molecule has 7 nitrogen and oxygen atoms in total. The van der Waals surface area contributed by atoms with Crippen LogP contribution in [-0.2, 0) is 9.53 Å². The summed E-state index contributed by atoms with van der Waals surface area (Å²) >= 11 is 0. The number of hydrogen-bond donors (Lipinski definition) is 1. The Bertz CT molecular complexity index is 462. The second-order valence-electron chi connectivity index (χ2n) is 5.39. The van der Waals surface area contributed by atoms with Crippen LogP contribution in [0, 0.1) is 0 Å². The zero-order valence-corrected chi connectivity index (χ0v) is 12.9. The first-order chi connectivity index (χ1) is 10.1. The first-order valence-electron chi connectivity index (χ1n) is 7.11. The number of ether oxygens (including phenoxy) is 1. The maximum atomic E-state index is 11.9. The van der Waals surface area contributed by atoms with E-state index in [1.165, 1.54) is 7.11 Å². The lowest BCUT2D eigenvalue weighted by molar-refractivity contribution is -0.148. The number of carbonyl (C=O) groups excluding carboxylic acids is 1. The van der Waals surface area contributed by atoms with E-state index in [1.807, 2.05) is 13.0 Å². The molecule has 1 unspecified atom stereocenters. The van der Waals surface area contributed by atoms with Crippen LogP contribution in [0.15, 0.2) is 18.5 Å². The van der Waals surface area contributed by atoms with Crippen LogP contribution in [0.3, 0.4) is 0 Å². The summed E-state index contributed by atoms with van der Waals surface area (Å²) < 4.78 is 4.88. The average molecular weight is 293 g/mol. The van der Waals surface area contributed by atoms with Gasteiger partial charge in [-0.05, 0) is 20.0 Å². The second kappa shape index (κ2) is 6.82. The van der Waals surface area contributed by atoms with Crippen LogP contribution in [-0.4, -0.2) is 73.3 Å². The Balaban J connectivity index is 1.91. The number of rotatable bonds is 5. The Morgan fingerprint density at radius 3 is 2.48 bits per heavy atom. The normalized spacial score (nSPS) is 19.1. The SMILES string of the molecule is CNC(C)(CN1CCN(c2ncccn2)CC1)C(=O)OC. The summed E-state index contributed by atoms with van der Waals surface area (Å²) in [6, 6.07) is 1.81. The van der Waals surface area contributed by atoms with E-state index in [1.54, 1.807) is 19.4 Å². The molecular weight excluding hydrogens is 270 g/mol. The van der Waals surface area contributed by atoms with Gasteiger partial charge in [0.1, 0.15) is 5.54 Å². The van der Waals surface area contributed by atoms with Crippen LogP contribution in [0.1, 0.15) is 6.92 Å². The zero-order valence-electron chi connectivity index (χ0n) is 12.9. The van der Waals surface area contributed by atoms with Crippen molar-refractivity contribution in [3.63, 3.8) is 0 Å². The molecule has 7 heteroatoms. The summed E-state index contributed by atoms with van der Waals surface area (Å²) in [5.41, 5.74) is -0.680. The van der Waals surface area contributed by atoms with Crippen LogP contribution in [0.25, 0.3) is 0 Å². The van der Waals surface area contributed by atoms with E-state index >= 15 is 0 Å². The van der Waals surface area contributed by atoms with Gasteiger partial charge in [0, 0.05) is 45.1 Å². The van der Waals surface area contributed by atoms with Gasteiger partial charge in [-0.25, -0.2) is 9.97 Å². The molecule has 2 heterocycles. The Hall–Kier alpha value is -1.73. The van der Waals surface area contributed by atoms with Gasteiger partial charge < -0.3 is 15.0 Å². The van der Waals surface area contributed by atoms with Crippen LogP contribution >= 0.6 is 0 Å². The first kappa shape index (κ1) is 15.7. The van der Waals surface area contributed by atoms with Crippen molar-refractivity contribution in [1.82, 2.24) is 20.2 Å². The van der Waals surface area contributed by atoms with Crippen molar-refractivity contribution in [2.24, 2.45) is 0 Å². The number of esters is 1. The van der Waals surface area contributed by atoms with Crippen molar-refractivity contribution in [1.29, 1.82) is 0 Å². The fourth-order valence-corrected chi connectivity index (χ4v) is 2.48. The highest BCUT2D eigenvalue weighted by molar-refractivity contribution is 5.80. The van der Waals surface area contributed by atoms with Crippen molar-refractivity contribution in [3.8, 4) is 0 Å². The van der Waals surface area contributed by atoms with E-state index in [2.05, 4.69) is 25.1 Å². The molecule has 0 radical (unpaired) electrons.